The van der Waals surface area contributed by atoms with E-state index in [-0.39, 0.29) is 5.60 Å². The molecule has 2 aliphatic heterocycles. The minimum atomic E-state index is -3.38. The van der Waals surface area contributed by atoms with E-state index in [1.54, 1.807) is 4.31 Å². The van der Waals surface area contributed by atoms with Gasteiger partial charge in [-0.05, 0) is 52.1 Å². The van der Waals surface area contributed by atoms with Gasteiger partial charge in [0.05, 0.1) is 5.60 Å². The molecule has 118 valence electrons. The lowest BCUT2D eigenvalue weighted by molar-refractivity contribution is 0.0247. The van der Waals surface area contributed by atoms with Crippen LogP contribution >= 0.6 is 0 Å². The van der Waals surface area contributed by atoms with Crippen molar-refractivity contribution in [2.45, 2.75) is 38.2 Å². The van der Waals surface area contributed by atoms with Crippen LogP contribution in [-0.4, -0.2) is 58.2 Å². The van der Waals surface area contributed by atoms with Crippen molar-refractivity contribution >= 4 is 10.2 Å². The van der Waals surface area contributed by atoms with Crippen LogP contribution in [0.3, 0.4) is 0 Å². The minimum absolute atomic E-state index is 0.340. The first-order chi connectivity index (χ1) is 9.45. The Morgan fingerprint density at radius 3 is 2.85 bits per heavy atom. The first kappa shape index (κ1) is 16.2. The highest BCUT2D eigenvalue weighted by molar-refractivity contribution is 7.87. The molecule has 2 saturated heterocycles. The van der Waals surface area contributed by atoms with Crippen LogP contribution in [0.2, 0.25) is 0 Å². The van der Waals surface area contributed by atoms with Gasteiger partial charge in [0, 0.05) is 26.2 Å². The zero-order valence-corrected chi connectivity index (χ0v) is 13.3. The Morgan fingerprint density at radius 1 is 1.40 bits per heavy atom. The van der Waals surface area contributed by atoms with E-state index >= 15 is 0 Å². The van der Waals surface area contributed by atoms with Crippen molar-refractivity contribution in [2.75, 3.05) is 39.8 Å². The zero-order valence-electron chi connectivity index (χ0n) is 12.5. The van der Waals surface area contributed by atoms with Gasteiger partial charge in [0.2, 0.25) is 0 Å². The van der Waals surface area contributed by atoms with Crippen LogP contribution in [0, 0.1) is 5.92 Å². The summed E-state index contributed by atoms with van der Waals surface area (Å²) in [4.78, 5) is 0. The minimum Gasteiger partial charge on any atom is -0.374 e. The largest absolute Gasteiger partial charge is 0.374 e. The van der Waals surface area contributed by atoms with Gasteiger partial charge in [0.15, 0.2) is 0 Å². The zero-order chi connectivity index (χ0) is 14.6. The molecule has 0 bridgehead atoms. The van der Waals surface area contributed by atoms with Crippen LogP contribution in [0.15, 0.2) is 0 Å². The summed E-state index contributed by atoms with van der Waals surface area (Å²) in [6.07, 6.45) is 3.94. The van der Waals surface area contributed by atoms with E-state index in [0.717, 1.165) is 38.8 Å². The monoisotopic (exact) mass is 305 g/mol. The number of nitrogens with one attached hydrogen (secondary N) is 2. The molecule has 2 unspecified atom stereocenters. The number of nitrogens with zero attached hydrogens (tertiary/aromatic N) is 1. The number of rotatable bonds is 6. The molecule has 0 saturated carbocycles. The average molecular weight is 305 g/mol. The molecule has 2 rings (SSSR count). The average Bonchev–Trinajstić information content (AvgIpc) is 2.85. The van der Waals surface area contributed by atoms with Crippen LogP contribution in [0.25, 0.3) is 0 Å². The van der Waals surface area contributed by atoms with Gasteiger partial charge in [-0.3, -0.25) is 0 Å². The molecule has 0 spiro atoms. The molecule has 0 aromatic carbocycles. The maximum atomic E-state index is 12.4. The molecule has 2 aliphatic rings. The van der Waals surface area contributed by atoms with E-state index in [9.17, 15) is 8.42 Å². The maximum absolute atomic E-state index is 12.4. The molecule has 20 heavy (non-hydrogen) atoms. The summed E-state index contributed by atoms with van der Waals surface area (Å²) in [5.41, 5.74) is -0.340. The molecule has 7 heteroatoms. The fourth-order valence-electron chi connectivity index (χ4n) is 3.01. The molecule has 0 aromatic rings. The van der Waals surface area contributed by atoms with E-state index in [2.05, 4.69) is 10.0 Å². The number of ether oxygens (including phenoxy) is 1. The van der Waals surface area contributed by atoms with Crippen molar-refractivity contribution < 1.29 is 13.2 Å². The summed E-state index contributed by atoms with van der Waals surface area (Å²) in [6, 6.07) is 0. The topological polar surface area (TPSA) is 70.7 Å². The SMILES string of the molecule is CNCC1CCCN(S(=O)(=O)NCC2(C)CCCO2)C1. The first-order valence-electron chi connectivity index (χ1n) is 7.48. The lowest BCUT2D eigenvalue weighted by Gasteiger charge is -2.33. The molecule has 2 atom stereocenters. The summed E-state index contributed by atoms with van der Waals surface area (Å²) in [6.45, 7) is 5.16. The Kier molecular flexibility index (Phi) is 5.42. The maximum Gasteiger partial charge on any atom is 0.279 e. The van der Waals surface area contributed by atoms with Crippen molar-refractivity contribution in [3.63, 3.8) is 0 Å². The van der Waals surface area contributed by atoms with Crippen LogP contribution < -0.4 is 10.0 Å². The van der Waals surface area contributed by atoms with Gasteiger partial charge in [-0.1, -0.05) is 0 Å². The van der Waals surface area contributed by atoms with Gasteiger partial charge < -0.3 is 10.1 Å². The third-order valence-corrected chi connectivity index (χ3v) is 5.76. The molecular formula is C13H27N3O3S. The molecule has 6 nitrogen and oxygen atoms in total. The fraction of sp³-hybridized carbons (Fsp3) is 1.00. The fourth-order valence-corrected chi connectivity index (χ4v) is 4.46. The molecule has 2 fully saturated rings. The second-order valence-electron chi connectivity index (χ2n) is 6.15. The predicted molar refractivity (Wildman–Crippen MR) is 78.7 cm³/mol. The van der Waals surface area contributed by atoms with E-state index in [4.69, 9.17) is 4.74 Å². The van der Waals surface area contributed by atoms with Crippen LogP contribution in [-0.2, 0) is 14.9 Å². The van der Waals surface area contributed by atoms with E-state index in [0.29, 0.717) is 25.6 Å². The molecular weight excluding hydrogens is 278 g/mol. The highest BCUT2D eigenvalue weighted by Crippen LogP contribution is 2.25. The van der Waals surface area contributed by atoms with Crippen LogP contribution in [0.5, 0.6) is 0 Å². The summed E-state index contributed by atoms with van der Waals surface area (Å²) in [5.74, 6) is 0.406. The molecule has 0 aliphatic carbocycles. The first-order valence-corrected chi connectivity index (χ1v) is 8.92. The summed E-state index contributed by atoms with van der Waals surface area (Å²) < 4.78 is 34.7. The summed E-state index contributed by atoms with van der Waals surface area (Å²) in [5, 5.41) is 3.13. The molecule has 2 N–H and O–H groups in total. The van der Waals surface area contributed by atoms with Crippen LogP contribution in [0.1, 0.15) is 32.6 Å². The molecule has 0 aromatic heterocycles. The van der Waals surface area contributed by atoms with E-state index < -0.39 is 10.2 Å². The number of hydrogen-bond donors (Lipinski definition) is 2. The van der Waals surface area contributed by atoms with Crippen molar-refractivity contribution in [3.05, 3.63) is 0 Å². The van der Waals surface area contributed by atoms with Gasteiger partial charge in [-0.25, -0.2) is 0 Å². The van der Waals surface area contributed by atoms with Crippen molar-refractivity contribution in [1.29, 1.82) is 0 Å². The lowest BCUT2D eigenvalue weighted by atomic mass is 10.00. The van der Waals surface area contributed by atoms with E-state index in [1.807, 2.05) is 14.0 Å². The second-order valence-corrected chi connectivity index (χ2v) is 7.91. The lowest BCUT2D eigenvalue weighted by Crippen LogP contribution is -2.50. The third-order valence-electron chi connectivity index (χ3n) is 4.24. The number of piperidine rings is 1. The molecule has 0 radical (unpaired) electrons. The Balaban J connectivity index is 1.88. The van der Waals surface area contributed by atoms with Crippen molar-refractivity contribution in [3.8, 4) is 0 Å². The van der Waals surface area contributed by atoms with Crippen molar-refractivity contribution in [2.24, 2.45) is 5.92 Å². The quantitative estimate of drug-likeness (QED) is 0.741. The highest BCUT2D eigenvalue weighted by atomic mass is 32.2. The summed E-state index contributed by atoms with van der Waals surface area (Å²) >= 11 is 0. The Bertz CT molecular complexity index is 405. The van der Waals surface area contributed by atoms with Crippen LogP contribution in [0.4, 0.5) is 0 Å². The smallest absolute Gasteiger partial charge is 0.279 e. The number of hydrogen-bond acceptors (Lipinski definition) is 4. The predicted octanol–water partition coefficient (Wildman–Crippen LogP) is 0.321. The standard InChI is InChI=1S/C13H27N3O3S/c1-13(6-4-8-19-13)11-15-20(17,18)16-7-3-5-12(10-16)9-14-2/h12,14-15H,3-11H2,1-2H3. The second kappa shape index (κ2) is 6.70. The van der Waals surface area contributed by atoms with Gasteiger partial charge in [0.1, 0.15) is 0 Å². The normalized spacial score (nSPS) is 32.6. The van der Waals surface area contributed by atoms with Crippen molar-refractivity contribution in [1.82, 2.24) is 14.3 Å². The van der Waals surface area contributed by atoms with E-state index in [1.165, 1.54) is 0 Å². The Morgan fingerprint density at radius 2 is 2.20 bits per heavy atom. The Labute approximate surface area is 122 Å². The van der Waals surface area contributed by atoms with Gasteiger partial charge in [0.25, 0.3) is 10.2 Å². The third kappa shape index (κ3) is 4.14. The van der Waals surface area contributed by atoms with Gasteiger partial charge >= 0.3 is 0 Å². The molecule has 2 heterocycles. The molecule has 0 amide bonds. The highest BCUT2D eigenvalue weighted by Gasteiger charge is 2.34. The Hall–Kier alpha value is -0.210. The summed E-state index contributed by atoms with van der Waals surface area (Å²) in [7, 11) is -1.48. The van der Waals surface area contributed by atoms with Gasteiger partial charge in [-0.15, -0.1) is 0 Å². The van der Waals surface area contributed by atoms with Gasteiger partial charge in [-0.2, -0.15) is 17.4 Å².